The lowest BCUT2D eigenvalue weighted by atomic mass is 10.0. The summed E-state index contributed by atoms with van der Waals surface area (Å²) in [4.78, 5) is 27.4. The van der Waals surface area contributed by atoms with Crippen LogP contribution in [0.25, 0.3) is 21.2 Å². The molecule has 0 saturated carbocycles. The van der Waals surface area contributed by atoms with Crippen LogP contribution in [-0.2, 0) is 10.0 Å². The topological polar surface area (TPSA) is 96.4 Å². The van der Waals surface area contributed by atoms with Gasteiger partial charge >= 0.3 is 0 Å². The van der Waals surface area contributed by atoms with E-state index in [1.54, 1.807) is 41.7 Å². The molecule has 8 nitrogen and oxygen atoms in total. The van der Waals surface area contributed by atoms with Crippen molar-refractivity contribution in [1.82, 2.24) is 24.2 Å². The molecular weight excluding hydrogens is 506 g/mol. The van der Waals surface area contributed by atoms with Gasteiger partial charge in [0, 0.05) is 65.7 Å². The fourth-order valence-electron chi connectivity index (χ4n) is 4.02. The van der Waals surface area contributed by atoms with E-state index in [1.807, 2.05) is 26.0 Å². The number of aryl methyl sites for hydroxylation is 2. The van der Waals surface area contributed by atoms with Crippen LogP contribution >= 0.6 is 22.9 Å². The molecule has 0 spiro atoms. The van der Waals surface area contributed by atoms with E-state index in [0.717, 1.165) is 32.5 Å². The molecule has 3 aromatic heterocycles. The van der Waals surface area contributed by atoms with Gasteiger partial charge in [-0.2, -0.15) is 4.31 Å². The molecular formula is C24H22ClN5O3S2. The highest BCUT2D eigenvalue weighted by Gasteiger charge is 2.32. The normalized spacial score (nSPS) is 15.0. The second-order valence-corrected chi connectivity index (χ2v) is 12.1. The number of amides is 1. The molecule has 0 aliphatic carbocycles. The van der Waals surface area contributed by atoms with E-state index in [9.17, 15) is 13.2 Å². The molecule has 0 bridgehead atoms. The van der Waals surface area contributed by atoms with E-state index in [4.69, 9.17) is 11.6 Å². The second-order valence-electron chi connectivity index (χ2n) is 8.38. The molecule has 5 rings (SSSR count). The Kier molecular flexibility index (Phi) is 6.30. The Hall–Kier alpha value is -2.92. The predicted octanol–water partition coefficient (Wildman–Crippen LogP) is 4.17. The second kappa shape index (κ2) is 9.27. The third kappa shape index (κ3) is 4.66. The van der Waals surface area contributed by atoms with Crippen LogP contribution in [-0.4, -0.2) is 64.7 Å². The number of sulfonamides is 1. The van der Waals surface area contributed by atoms with Gasteiger partial charge in [0.25, 0.3) is 15.9 Å². The number of thiophene rings is 1. The molecule has 4 heterocycles. The highest BCUT2D eigenvalue weighted by atomic mass is 35.5. The van der Waals surface area contributed by atoms with E-state index >= 15 is 0 Å². The number of carbonyl (C=O) groups excluding carboxylic acids is 1. The van der Waals surface area contributed by atoms with Crippen molar-refractivity contribution in [3.8, 4) is 11.1 Å². The summed E-state index contributed by atoms with van der Waals surface area (Å²) in [6, 6.07) is 8.95. The van der Waals surface area contributed by atoms with E-state index in [2.05, 4.69) is 15.0 Å². The molecule has 1 saturated heterocycles. The molecule has 0 radical (unpaired) electrons. The molecule has 180 valence electrons. The van der Waals surface area contributed by atoms with Crippen molar-refractivity contribution < 1.29 is 13.2 Å². The van der Waals surface area contributed by atoms with Gasteiger partial charge in [-0.3, -0.25) is 9.78 Å². The molecule has 1 amide bonds. The van der Waals surface area contributed by atoms with Crippen LogP contribution in [0.1, 0.15) is 21.9 Å². The van der Waals surface area contributed by atoms with Crippen LogP contribution in [0.2, 0.25) is 5.02 Å². The molecule has 0 N–H and O–H groups in total. The Morgan fingerprint density at radius 3 is 2.40 bits per heavy atom. The summed E-state index contributed by atoms with van der Waals surface area (Å²) in [5.74, 6) is -0.220. The van der Waals surface area contributed by atoms with Gasteiger partial charge in [0.1, 0.15) is 4.21 Å². The van der Waals surface area contributed by atoms with Crippen LogP contribution in [0.3, 0.4) is 0 Å². The molecule has 1 aromatic carbocycles. The molecule has 0 unspecified atom stereocenters. The number of rotatable bonds is 4. The lowest BCUT2D eigenvalue weighted by Gasteiger charge is -2.33. The molecule has 1 aliphatic heterocycles. The highest BCUT2D eigenvalue weighted by molar-refractivity contribution is 7.91. The van der Waals surface area contributed by atoms with Crippen molar-refractivity contribution in [2.75, 3.05) is 26.2 Å². The van der Waals surface area contributed by atoms with Crippen molar-refractivity contribution in [3.63, 3.8) is 0 Å². The SMILES string of the molecule is Cc1cc(-c2cnc(C(=O)N3CCN(S(=O)(=O)c4cc5ccc(Cl)cc5s4)CC3)nc2)c(C)cn1. The number of carbonyl (C=O) groups is 1. The zero-order valence-electron chi connectivity index (χ0n) is 19.1. The summed E-state index contributed by atoms with van der Waals surface area (Å²) >= 11 is 7.24. The minimum absolute atomic E-state index is 0.0925. The van der Waals surface area contributed by atoms with Crippen LogP contribution in [0.5, 0.6) is 0 Å². The Bertz CT molecular complexity index is 1530. The first kappa shape index (κ1) is 23.8. The van der Waals surface area contributed by atoms with Gasteiger partial charge in [0.2, 0.25) is 5.82 Å². The standard InChI is InChI=1S/C24H22ClN5O3S2/c1-15-12-26-16(2)9-20(15)18-13-27-23(28-14-18)24(31)29-5-7-30(8-6-29)35(32,33)22-10-17-3-4-19(25)11-21(17)34-22/h3-4,9-14H,5-8H2,1-2H3. The Morgan fingerprint density at radius 1 is 0.971 bits per heavy atom. The van der Waals surface area contributed by atoms with Crippen LogP contribution in [0.15, 0.2) is 53.1 Å². The fourth-order valence-corrected chi connectivity index (χ4v) is 7.28. The Labute approximate surface area is 212 Å². The average Bonchev–Trinajstić information content (AvgIpc) is 3.29. The van der Waals surface area contributed by atoms with Crippen molar-refractivity contribution in [2.24, 2.45) is 0 Å². The zero-order valence-corrected chi connectivity index (χ0v) is 21.5. The number of aromatic nitrogens is 3. The summed E-state index contributed by atoms with van der Waals surface area (Å²) in [5, 5.41) is 1.40. The number of hydrogen-bond acceptors (Lipinski definition) is 7. The molecule has 0 atom stereocenters. The van der Waals surface area contributed by atoms with Crippen molar-refractivity contribution in [3.05, 3.63) is 71.0 Å². The van der Waals surface area contributed by atoms with Crippen molar-refractivity contribution in [2.45, 2.75) is 18.1 Å². The molecule has 1 fully saturated rings. The van der Waals surface area contributed by atoms with E-state index in [0.29, 0.717) is 5.02 Å². The smallest absolute Gasteiger partial charge is 0.291 e. The predicted molar refractivity (Wildman–Crippen MR) is 136 cm³/mol. The third-order valence-electron chi connectivity index (χ3n) is 5.97. The van der Waals surface area contributed by atoms with Gasteiger partial charge in [-0.15, -0.1) is 11.3 Å². The maximum atomic E-state index is 13.2. The van der Waals surface area contributed by atoms with Crippen molar-refractivity contribution >= 4 is 49.0 Å². The summed E-state index contributed by atoms with van der Waals surface area (Å²) in [5.41, 5.74) is 3.67. The van der Waals surface area contributed by atoms with Gasteiger partial charge in [0.05, 0.1) is 0 Å². The quantitative estimate of drug-likeness (QED) is 0.395. The Morgan fingerprint density at radius 2 is 1.69 bits per heavy atom. The monoisotopic (exact) mass is 527 g/mol. The largest absolute Gasteiger partial charge is 0.333 e. The minimum Gasteiger partial charge on any atom is -0.333 e. The maximum absolute atomic E-state index is 13.2. The van der Waals surface area contributed by atoms with Gasteiger partial charge in [-0.05, 0) is 54.6 Å². The Balaban J connectivity index is 1.27. The number of fused-ring (bicyclic) bond motifs is 1. The summed E-state index contributed by atoms with van der Waals surface area (Å²) in [6.45, 7) is 4.82. The third-order valence-corrected chi connectivity index (χ3v) is 9.65. The minimum atomic E-state index is -3.66. The number of hydrogen-bond donors (Lipinski definition) is 0. The van der Waals surface area contributed by atoms with E-state index in [1.165, 1.54) is 15.6 Å². The highest BCUT2D eigenvalue weighted by Crippen LogP contribution is 2.33. The van der Waals surface area contributed by atoms with Crippen LogP contribution in [0, 0.1) is 13.8 Å². The maximum Gasteiger partial charge on any atom is 0.291 e. The number of pyridine rings is 1. The van der Waals surface area contributed by atoms with Gasteiger partial charge < -0.3 is 4.90 Å². The summed E-state index contributed by atoms with van der Waals surface area (Å²) in [7, 11) is -3.66. The zero-order chi connectivity index (χ0) is 24.7. The first-order valence-corrected chi connectivity index (χ1v) is 13.6. The molecule has 1 aliphatic rings. The lowest BCUT2D eigenvalue weighted by molar-refractivity contribution is 0.0685. The van der Waals surface area contributed by atoms with E-state index < -0.39 is 10.0 Å². The number of benzene rings is 1. The molecule has 35 heavy (non-hydrogen) atoms. The number of nitrogens with zero attached hydrogens (tertiary/aromatic N) is 5. The molecule has 4 aromatic rings. The first-order chi connectivity index (χ1) is 16.7. The number of halogens is 1. The summed E-state index contributed by atoms with van der Waals surface area (Å²) < 4.78 is 28.9. The van der Waals surface area contributed by atoms with Gasteiger partial charge in [-0.1, -0.05) is 17.7 Å². The van der Waals surface area contributed by atoms with Crippen LogP contribution in [0.4, 0.5) is 0 Å². The summed E-state index contributed by atoms with van der Waals surface area (Å²) in [6.07, 6.45) is 5.07. The van der Waals surface area contributed by atoms with Crippen LogP contribution < -0.4 is 0 Å². The average molecular weight is 528 g/mol. The van der Waals surface area contributed by atoms with Gasteiger partial charge in [0.15, 0.2) is 0 Å². The van der Waals surface area contributed by atoms with E-state index in [-0.39, 0.29) is 42.1 Å². The van der Waals surface area contributed by atoms with Crippen molar-refractivity contribution in [1.29, 1.82) is 0 Å². The molecule has 11 heteroatoms. The number of piperazine rings is 1. The lowest BCUT2D eigenvalue weighted by Crippen LogP contribution is -2.50. The fraction of sp³-hybridized carbons (Fsp3) is 0.250. The van der Waals surface area contributed by atoms with Gasteiger partial charge in [-0.25, -0.2) is 18.4 Å². The first-order valence-electron chi connectivity index (χ1n) is 11.0.